The number of ether oxygens (including phenoxy) is 4. The molecular weight excluding hydrogens is 1170 g/mol. The zero-order valence-electron chi connectivity index (χ0n) is 58.1. The van der Waals surface area contributed by atoms with Crippen LogP contribution >= 0.6 is 15.6 Å². The van der Waals surface area contributed by atoms with Gasteiger partial charge in [-0.05, 0) is 49.4 Å². The summed E-state index contributed by atoms with van der Waals surface area (Å²) in [6, 6.07) is 0. The molecule has 0 heterocycles. The number of phosphoric ester groups is 2. The van der Waals surface area contributed by atoms with Crippen LogP contribution in [-0.2, 0) is 65.4 Å². The number of phosphoric acid groups is 2. The van der Waals surface area contributed by atoms with E-state index >= 15 is 0 Å². The van der Waals surface area contributed by atoms with Crippen molar-refractivity contribution >= 4 is 39.5 Å². The highest BCUT2D eigenvalue weighted by Crippen LogP contribution is 2.45. The molecule has 3 N–H and O–H groups in total. The average molecular weight is 1310 g/mol. The normalized spacial score (nSPS) is 14.3. The van der Waals surface area contributed by atoms with Crippen LogP contribution in [0.1, 0.15) is 344 Å². The van der Waals surface area contributed by atoms with Crippen LogP contribution in [-0.4, -0.2) is 96.7 Å². The first kappa shape index (κ1) is 87.1. The second-order valence-corrected chi connectivity index (χ2v) is 30.1. The molecule has 2 unspecified atom stereocenters. The van der Waals surface area contributed by atoms with Crippen molar-refractivity contribution in [2.75, 3.05) is 39.6 Å². The Labute approximate surface area is 543 Å². The predicted molar refractivity (Wildman–Crippen MR) is 358 cm³/mol. The number of hydrogen-bond acceptors (Lipinski definition) is 15. The number of aliphatic hydroxyl groups excluding tert-OH is 1. The van der Waals surface area contributed by atoms with Gasteiger partial charge in [0.25, 0.3) is 0 Å². The van der Waals surface area contributed by atoms with Crippen LogP contribution in [0.4, 0.5) is 0 Å². The van der Waals surface area contributed by atoms with Gasteiger partial charge in [0.05, 0.1) is 26.4 Å². The van der Waals surface area contributed by atoms with E-state index in [0.717, 1.165) is 114 Å². The molecule has 0 aromatic carbocycles. The molecule has 0 aromatic heterocycles. The first-order valence-electron chi connectivity index (χ1n) is 36.2. The minimum Gasteiger partial charge on any atom is -0.462 e. The lowest BCUT2D eigenvalue weighted by molar-refractivity contribution is -0.161. The monoisotopic (exact) mass is 1310 g/mol. The van der Waals surface area contributed by atoms with E-state index in [1.165, 1.54) is 141 Å². The number of hydrogen-bond donors (Lipinski definition) is 3. The largest absolute Gasteiger partial charge is 0.472 e. The van der Waals surface area contributed by atoms with Crippen molar-refractivity contribution in [1.29, 1.82) is 0 Å². The minimum absolute atomic E-state index is 0.103. The Morgan fingerprint density at radius 2 is 0.472 bits per heavy atom. The Morgan fingerprint density at radius 3 is 0.697 bits per heavy atom. The Morgan fingerprint density at radius 1 is 0.281 bits per heavy atom. The van der Waals surface area contributed by atoms with Gasteiger partial charge in [0.15, 0.2) is 12.2 Å². The molecule has 0 aliphatic carbocycles. The molecule has 0 spiro atoms. The summed E-state index contributed by atoms with van der Waals surface area (Å²) in [5, 5.41) is 10.6. The van der Waals surface area contributed by atoms with Gasteiger partial charge in [0, 0.05) is 25.7 Å². The second kappa shape index (κ2) is 59.8. The molecule has 0 aliphatic rings. The number of aliphatic hydroxyl groups is 1. The maximum Gasteiger partial charge on any atom is 0.472 e. The maximum atomic E-state index is 13.0. The molecule has 17 nitrogen and oxygen atoms in total. The first-order chi connectivity index (χ1) is 42.6. The third-order valence-electron chi connectivity index (χ3n) is 16.1. The molecule has 19 heteroatoms. The minimum atomic E-state index is -4.95. The number of esters is 4. The van der Waals surface area contributed by atoms with Crippen molar-refractivity contribution < 1.29 is 80.2 Å². The van der Waals surface area contributed by atoms with E-state index in [0.29, 0.717) is 31.6 Å². The first-order valence-corrected chi connectivity index (χ1v) is 39.2. The van der Waals surface area contributed by atoms with Crippen molar-refractivity contribution in [2.45, 2.75) is 363 Å². The summed E-state index contributed by atoms with van der Waals surface area (Å²) < 4.78 is 68.2. The lowest BCUT2D eigenvalue weighted by Crippen LogP contribution is -2.30. The van der Waals surface area contributed by atoms with Crippen LogP contribution in [0.15, 0.2) is 0 Å². The molecular formula is C70H136O17P2. The number of rotatable bonds is 67. The van der Waals surface area contributed by atoms with Gasteiger partial charge in [-0.25, -0.2) is 9.13 Å². The average Bonchev–Trinajstić information content (AvgIpc) is 3.66. The third-order valence-corrected chi connectivity index (χ3v) is 18.0. The van der Waals surface area contributed by atoms with E-state index in [9.17, 15) is 43.2 Å². The summed E-state index contributed by atoms with van der Waals surface area (Å²) in [6.45, 7) is 14.0. The number of unbranched alkanes of at least 4 members (excludes halogenated alkanes) is 33. The molecule has 0 rings (SSSR count). The van der Waals surface area contributed by atoms with E-state index in [4.69, 9.17) is 37.0 Å². The lowest BCUT2D eigenvalue weighted by Gasteiger charge is -2.21. The van der Waals surface area contributed by atoms with Crippen LogP contribution < -0.4 is 0 Å². The molecule has 0 aromatic rings. The molecule has 0 saturated heterocycles. The SMILES string of the molecule is CC(C)CCCCCCCCCCCCCCC(=O)OC[C@H](COP(=O)(O)OC[C@@H](O)COP(=O)(O)OC[C@@H](COC(=O)CCCCCCCCC(C)C)OC(=O)CCCCCCCCCCC(C)C)OC(=O)CCCCCCCCCCCCCC(C)C. The van der Waals surface area contributed by atoms with Crippen LogP contribution in [0.5, 0.6) is 0 Å². The Bertz CT molecular complexity index is 1760. The zero-order chi connectivity index (χ0) is 66.1. The topological polar surface area (TPSA) is 237 Å². The fraction of sp³-hybridized carbons (Fsp3) is 0.943. The second-order valence-electron chi connectivity index (χ2n) is 27.2. The third kappa shape index (κ3) is 64.6. The van der Waals surface area contributed by atoms with Gasteiger partial charge in [0.1, 0.15) is 19.3 Å². The molecule has 0 saturated carbocycles. The van der Waals surface area contributed by atoms with Gasteiger partial charge >= 0.3 is 39.5 Å². The van der Waals surface area contributed by atoms with Gasteiger partial charge in [-0.1, -0.05) is 293 Å². The maximum absolute atomic E-state index is 13.0. The Balaban J connectivity index is 5.25. The summed E-state index contributed by atoms with van der Waals surface area (Å²) in [6.07, 6.45) is 41.9. The predicted octanol–water partition coefficient (Wildman–Crippen LogP) is 19.7. The number of carbonyl (C=O) groups excluding carboxylic acids is 4. The molecule has 89 heavy (non-hydrogen) atoms. The van der Waals surface area contributed by atoms with Crippen molar-refractivity contribution in [2.24, 2.45) is 23.7 Å². The summed E-state index contributed by atoms with van der Waals surface area (Å²) in [7, 11) is -9.90. The van der Waals surface area contributed by atoms with E-state index in [-0.39, 0.29) is 25.7 Å². The quantitative estimate of drug-likeness (QED) is 0.0222. The van der Waals surface area contributed by atoms with Gasteiger partial charge in [-0.15, -0.1) is 0 Å². The standard InChI is InChI=1S/C70H136O17P2/c1-60(2)46-38-30-22-16-12-9-10-14-18-25-34-42-50-67(72)80-56-65(86-69(74)52-44-36-26-19-15-11-13-17-23-31-39-47-61(3)4)58-84-88(76,77)82-54-64(71)55-83-89(78,79)85-59-66(57-81-68(73)51-43-35-29-28-33-41-49-63(7)8)87-70(75)53-45-37-27-21-20-24-32-40-48-62(5)6/h60-66,71H,9-59H2,1-8H3,(H,76,77)(H,78,79)/t64-,65-,66-/m1/s1. The van der Waals surface area contributed by atoms with Crippen molar-refractivity contribution in [1.82, 2.24) is 0 Å². The molecule has 0 amide bonds. The van der Waals surface area contributed by atoms with E-state index < -0.39 is 97.5 Å². The highest BCUT2D eigenvalue weighted by Gasteiger charge is 2.30. The van der Waals surface area contributed by atoms with Crippen LogP contribution in [0.3, 0.4) is 0 Å². The molecule has 5 atom stereocenters. The molecule has 0 radical (unpaired) electrons. The van der Waals surface area contributed by atoms with Gasteiger partial charge in [0.2, 0.25) is 0 Å². The van der Waals surface area contributed by atoms with E-state index in [1.54, 1.807) is 0 Å². The van der Waals surface area contributed by atoms with Gasteiger partial charge in [-0.2, -0.15) is 0 Å². The van der Waals surface area contributed by atoms with Crippen LogP contribution in [0.2, 0.25) is 0 Å². The van der Waals surface area contributed by atoms with E-state index in [1.807, 2.05) is 0 Å². The smallest absolute Gasteiger partial charge is 0.462 e. The summed E-state index contributed by atoms with van der Waals surface area (Å²) >= 11 is 0. The highest BCUT2D eigenvalue weighted by molar-refractivity contribution is 7.47. The fourth-order valence-corrected chi connectivity index (χ4v) is 12.1. The van der Waals surface area contributed by atoms with Gasteiger partial charge in [-0.3, -0.25) is 37.3 Å². The fourth-order valence-electron chi connectivity index (χ4n) is 10.5. The van der Waals surface area contributed by atoms with Gasteiger partial charge < -0.3 is 33.8 Å². The zero-order valence-corrected chi connectivity index (χ0v) is 59.8. The highest BCUT2D eigenvalue weighted by atomic mass is 31.2. The molecule has 0 fully saturated rings. The summed E-state index contributed by atoms with van der Waals surface area (Å²) in [4.78, 5) is 72.5. The molecule has 528 valence electrons. The molecule has 0 aliphatic heterocycles. The van der Waals surface area contributed by atoms with Crippen molar-refractivity contribution in [3.8, 4) is 0 Å². The number of carbonyl (C=O) groups is 4. The van der Waals surface area contributed by atoms with Crippen molar-refractivity contribution in [3.05, 3.63) is 0 Å². The lowest BCUT2D eigenvalue weighted by atomic mass is 10.0. The van der Waals surface area contributed by atoms with Crippen LogP contribution in [0.25, 0.3) is 0 Å². The Hall–Kier alpha value is -1.94. The summed E-state index contributed by atoms with van der Waals surface area (Å²) in [5.41, 5.74) is 0. The Kier molecular flexibility index (Phi) is 58.5. The van der Waals surface area contributed by atoms with Crippen molar-refractivity contribution in [3.63, 3.8) is 0 Å². The van der Waals surface area contributed by atoms with E-state index in [2.05, 4.69) is 55.4 Å². The molecule has 0 bridgehead atoms. The summed E-state index contributed by atoms with van der Waals surface area (Å²) in [5.74, 6) is 0.813. The van der Waals surface area contributed by atoms with Crippen LogP contribution in [0, 0.1) is 23.7 Å².